The lowest BCUT2D eigenvalue weighted by molar-refractivity contribution is -0.136. The molecule has 90 valence electrons. The molecule has 0 aliphatic carbocycles. The maximum absolute atomic E-state index is 11.9. The third-order valence-electron chi connectivity index (χ3n) is 3.09. The van der Waals surface area contributed by atoms with Crippen molar-refractivity contribution in [3.8, 4) is 5.75 Å². The fourth-order valence-corrected chi connectivity index (χ4v) is 1.97. The number of aliphatic imine (C=N–C) groups is 1. The molecule has 0 aromatic heterocycles. The Bertz CT molecular complexity index is 400. The van der Waals surface area contributed by atoms with Crippen LogP contribution < -0.4 is 4.74 Å². The first-order chi connectivity index (χ1) is 8.29. The number of esters is 1. The van der Waals surface area contributed by atoms with Gasteiger partial charge in [0, 0.05) is 6.21 Å². The number of nitrogens with zero attached hydrogens (tertiary/aromatic N) is 1. The zero-order valence-corrected chi connectivity index (χ0v) is 10.0. The Morgan fingerprint density at radius 3 is 2.88 bits per heavy atom. The largest absolute Gasteiger partial charge is 0.425 e. The highest BCUT2D eigenvalue weighted by molar-refractivity contribution is 5.81. The van der Waals surface area contributed by atoms with Crippen LogP contribution in [0.4, 0.5) is 0 Å². The monoisotopic (exact) mass is 231 g/mol. The van der Waals surface area contributed by atoms with E-state index in [0.717, 1.165) is 19.3 Å². The highest BCUT2D eigenvalue weighted by atomic mass is 16.5. The number of carbonyl (C=O) groups excluding carboxylic acids is 1. The first-order valence-corrected chi connectivity index (χ1v) is 6.08. The highest BCUT2D eigenvalue weighted by Crippen LogP contribution is 2.22. The molecular weight excluding hydrogens is 214 g/mol. The molecular formula is C14H17NO2. The number of benzene rings is 1. The van der Waals surface area contributed by atoms with Crippen LogP contribution in [0.3, 0.4) is 0 Å². The molecule has 0 radical (unpaired) electrons. The molecule has 2 unspecified atom stereocenters. The second-order valence-electron chi connectivity index (χ2n) is 4.33. The summed E-state index contributed by atoms with van der Waals surface area (Å²) < 4.78 is 5.29. The SMILES string of the molecule is CCC1CC=NC(C(=O)Oc2ccccc2)C1. The van der Waals surface area contributed by atoms with Crippen LogP contribution in [-0.4, -0.2) is 18.2 Å². The van der Waals surface area contributed by atoms with Gasteiger partial charge >= 0.3 is 5.97 Å². The molecule has 1 aliphatic heterocycles. The van der Waals surface area contributed by atoms with Crippen LogP contribution in [0.5, 0.6) is 5.75 Å². The summed E-state index contributed by atoms with van der Waals surface area (Å²) in [6, 6.07) is 8.82. The normalized spacial score (nSPS) is 23.4. The molecule has 3 heteroatoms. The predicted octanol–water partition coefficient (Wildman–Crippen LogP) is 2.85. The smallest absolute Gasteiger partial charge is 0.336 e. The van der Waals surface area contributed by atoms with Crippen LogP contribution in [0.15, 0.2) is 35.3 Å². The molecule has 3 nitrogen and oxygen atoms in total. The van der Waals surface area contributed by atoms with Gasteiger partial charge in [-0.25, -0.2) is 4.79 Å². The molecule has 0 saturated heterocycles. The molecule has 0 N–H and O–H groups in total. The van der Waals surface area contributed by atoms with Gasteiger partial charge in [0.2, 0.25) is 0 Å². The van der Waals surface area contributed by atoms with Crippen molar-refractivity contribution in [3.63, 3.8) is 0 Å². The summed E-state index contributed by atoms with van der Waals surface area (Å²) in [6.07, 6.45) is 4.72. The Morgan fingerprint density at radius 2 is 2.18 bits per heavy atom. The summed E-state index contributed by atoms with van der Waals surface area (Å²) in [5, 5.41) is 0. The maximum Gasteiger partial charge on any atom is 0.336 e. The van der Waals surface area contributed by atoms with Gasteiger partial charge in [-0.05, 0) is 30.9 Å². The fourth-order valence-electron chi connectivity index (χ4n) is 1.97. The van der Waals surface area contributed by atoms with Gasteiger partial charge in [-0.1, -0.05) is 31.5 Å². The van der Waals surface area contributed by atoms with E-state index in [1.54, 1.807) is 12.1 Å². The summed E-state index contributed by atoms with van der Waals surface area (Å²) in [5.74, 6) is 0.901. The van der Waals surface area contributed by atoms with Crippen LogP contribution in [-0.2, 0) is 4.79 Å². The van der Waals surface area contributed by atoms with Gasteiger partial charge in [0.05, 0.1) is 0 Å². The summed E-state index contributed by atoms with van der Waals surface area (Å²) in [6.45, 7) is 2.14. The topological polar surface area (TPSA) is 38.7 Å². The Kier molecular flexibility index (Phi) is 3.91. The van der Waals surface area contributed by atoms with Gasteiger partial charge in [0.15, 0.2) is 0 Å². The van der Waals surface area contributed by atoms with E-state index in [9.17, 15) is 4.79 Å². The van der Waals surface area contributed by atoms with E-state index in [1.165, 1.54) is 0 Å². The summed E-state index contributed by atoms with van der Waals surface area (Å²) in [7, 11) is 0. The van der Waals surface area contributed by atoms with Crippen molar-refractivity contribution in [3.05, 3.63) is 30.3 Å². The van der Waals surface area contributed by atoms with Crippen molar-refractivity contribution < 1.29 is 9.53 Å². The van der Waals surface area contributed by atoms with Gasteiger partial charge in [-0.2, -0.15) is 0 Å². The fraction of sp³-hybridized carbons (Fsp3) is 0.429. The number of para-hydroxylation sites is 1. The van der Waals surface area contributed by atoms with Crippen LogP contribution in [0.25, 0.3) is 0 Å². The lowest BCUT2D eigenvalue weighted by Crippen LogP contribution is -2.29. The van der Waals surface area contributed by atoms with E-state index in [0.29, 0.717) is 11.7 Å². The zero-order chi connectivity index (χ0) is 12.1. The van der Waals surface area contributed by atoms with Gasteiger partial charge in [0.25, 0.3) is 0 Å². The number of ether oxygens (including phenoxy) is 1. The molecule has 2 atom stereocenters. The lowest BCUT2D eigenvalue weighted by Gasteiger charge is -2.21. The minimum atomic E-state index is -0.325. The first kappa shape index (κ1) is 11.8. The van der Waals surface area contributed by atoms with Crippen molar-refractivity contribution in [1.29, 1.82) is 0 Å². The van der Waals surface area contributed by atoms with Gasteiger partial charge < -0.3 is 4.74 Å². The molecule has 1 aromatic rings. The van der Waals surface area contributed by atoms with Crippen molar-refractivity contribution in [1.82, 2.24) is 0 Å². The standard InChI is InChI=1S/C14H17NO2/c1-2-11-8-9-15-13(10-11)14(16)17-12-6-4-3-5-7-12/h3-7,9,11,13H,2,8,10H2,1H3. The molecule has 1 heterocycles. The van der Waals surface area contributed by atoms with E-state index < -0.39 is 0 Å². The van der Waals surface area contributed by atoms with E-state index >= 15 is 0 Å². The molecule has 2 rings (SSSR count). The Morgan fingerprint density at radius 1 is 1.41 bits per heavy atom. The number of rotatable bonds is 3. The molecule has 1 aliphatic rings. The highest BCUT2D eigenvalue weighted by Gasteiger charge is 2.25. The summed E-state index contributed by atoms with van der Waals surface area (Å²) >= 11 is 0. The second-order valence-corrected chi connectivity index (χ2v) is 4.33. The Balaban J connectivity index is 1.96. The van der Waals surface area contributed by atoms with E-state index in [2.05, 4.69) is 11.9 Å². The van der Waals surface area contributed by atoms with Crippen molar-refractivity contribution >= 4 is 12.2 Å². The molecule has 1 aromatic carbocycles. The number of carbonyl (C=O) groups is 1. The Labute approximate surface area is 102 Å². The predicted molar refractivity (Wildman–Crippen MR) is 67.4 cm³/mol. The summed E-state index contributed by atoms with van der Waals surface area (Å²) in [5.41, 5.74) is 0. The van der Waals surface area contributed by atoms with E-state index in [-0.39, 0.29) is 12.0 Å². The third kappa shape index (κ3) is 3.16. The number of hydrogen-bond donors (Lipinski definition) is 0. The molecule has 0 amide bonds. The summed E-state index contributed by atoms with van der Waals surface area (Å²) in [4.78, 5) is 16.1. The van der Waals surface area contributed by atoms with Crippen LogP contribution in [0.1, 0.15) is 26.2 Å². The minimum absolute atomic E-state index is 0.245. The average molecular weight is 231 g/mol. The molecule has 0 bridgehead atoms. The van der Waals surface area contributed by atoms with Gasteiger partial charge in [0.1, 0.15) is 11.8 Å². The Hall–Kier alpha value is -1.64. The maximum atomic E-state index is 11.9. The van der Waals surface area contributed by atoms with Gasteiger partial charge in [-0.3, -0.25) is 4.99 Å². The van der Waals surface area contributed by atoms with Crippen molar-refractivity contribution in [2.45, 2.75) is 32.2 Å². The van der Waals surface area contributed by atoms with Crippen LogP contribution in [0.2, 0.25) is 0 Å². The van der Waals surface area contributed by atoms with Crippen molar-refractivity contribution in [2.24, 2.45) is 10.9 Å². The van der Waals surface area contributed by atoms with Crippen LogP contribution in [0, 0.1) is 5.92 Å². The van der Waals surface area contributed by atoms with Crippen LogP contribution >= 0.6 is 0 Å². The number of hydrogen-bond acceptors (Lipinski definition) is 3. The lowest BCUT2D eigenvalue weighted by atomic mass is 9.92. The second kappa shape index (κ2) is 5.62. The first-order valence-electron chi connectivity index (χ1n) is 6.08. The van der Waals surface area contributed by atoms with Gasteiger partial charge in [-0.15, -0.1) is 0 Å². The average Bonchev–Trinajstić information content (AvgIpc) is 2.40. The third-order valence-corrected chi connectivity index (χ3v) is 3.09. The minimum Gasteiger partial charge on any atom is -0.425 e. The molecule has 17 heavy (non-hydrogen) atoms. The molecule has 0 saturated carbocycles. The van der Waals surface area contributed by atoms with Crippen molar-refractivity contribution in [2.75, 3.05) is 0 Å². The molecule has 0 spiro atoms. The zero-order valence-electron chi connectivity index (χ0n) is 10.0. The van der Waals surface area contributed by atoms with E-state index in [4.69, 9.17) is 4.74 Å². The quantitative estimate of drug-likeness (QED) is 0.592. The molecule has 0 fully saturated rings. The van der Waals surface area contributed by atoms with E-state index in [1.807, 2.05) is 24.4 Å².